The number of nitrogens with zero attached hydrogens (tertiary/aromatic N) is 2. The molecule has 1 aromatic rings. The average Bonchev–Trinajstić information content (AvgIpc) is 2.54. The highest BCUT2D eigenvalue weighted by atomic mass is 16.4. The van der Waals surface area contributed by atoms with Gasteiger partial charge in [-0.3, -0.25) is 14.4 Å². The topological polar surface area (TPSA) is 77.9 Å². The third-order valence-electron chi connectivity index (χ3n) is 3.63. The zero-order chi connectivity index (χ0) is 18.3. The third kappa shape index (κ3) is 5.37. The van der Waals surface area contributed by atoms with E-state index in [1.54, 1.807) is 29.2 Å². The zero-order valence-corrected chi connectivity index (χ0v) is 14.8. The molecule has 0 atom stereocenters. The first-order valence-electron chi connectivity index (χ1n) is 8.20. The van der Waals surface area contributed by atoms with E-state index in [9.17, 15) is 14.4 Å². The van der Waals surface area contributed by atoms with Crippen LogP contribution in [0.3, 0.4) is 0 Å². The molecule has 0 bridgehead atoms. The van der Waals surface area contributed by atoms with Crippen molar-refractivity contribution < 1.29 is 19.5 Å². The number of carbonyl (C=O) groups is 3. The lowest BCUT2D eigenvalue weighted by atomic mass is 10.1. The second kappa shape index (κ2) is 9.05. The van der Waals surface area contributed by atoms with Crippen LogP contribution in [0.25, 0.3) is 0 Å². The van der Waals surface area contributed by atoms with E-state index in [1.807, 2.05) is 27.7 Å². The summed E-state index contributed by atoms with van der Waals surface area (Å²) in [6.45, 7) is 8.95. The zero-order valence-electron chi connectivity index (χ0n) is 14.8. The Kier molecular flexibility index (Phi) is 7.42. The van der Waals surface area contributed by atoms with Crippen molar-refractivity contribution >= 4 is 17.8 Å². The van der Waals surface area contributed by atoms with Gasteiger partial charge in [0.2, 0.25) is 0 Å². The molecule has 0 spiro atoms. The van der Waals surface area contributed by atoms with Crippen LogP contribution in [0.5, 0.6) is 0 Å². The maximum Gasteiger partial charge on any atom is 0.323 e. The monoisotopic (exact) mass is 334 g/mol. The minimum absolute atomic E-state index is 0.0800. The van der Waals surface area contributed by atoms with Gasteiger partial charge in [-0.05, 0) is 44.0 Å². The van der Waals surface area contributed by atoms with E-state index in [0.717, 1.165) is 0 Å². The van der Waals surface area contributed by atoms with Gasteiger partial charge in [0, 0.05) is 30.8 Å². The van der Waals surface area contributed by atoms with Gasteiger partial charge in [-0.1, -0.05) is 13.8 Å². The van der Waals surface area contributed by atoms with Crippen LogP contribution in [0.4, 0.5) is 0 Å². The first kappa shape index (κ1) is 19.7. The molecule has 132 valence electrons. The average molecular weight is 334 g/mol. The highest BCUT2D eigenvalue weighted by Crippen LogP contribution is 2.11. The van der Waals surface area contributed by atoms with Crippen molar-refractivity contribution in [1.82, 2.24) is 9.80 Å². The molecule has 0 aromatic heterocycles. The van der Waals surface area contributed by atoms with Crippen LogP contribution in [0.1, 0.15) is 48.4 Å². The van der Waals surface area contributed by atoms with Crippen molar-refractivity contribution in [2.24, 2.45) is 5.92 Å². The predicted molar refractivity (Wildman–Crippen MR) is 92.1 cm³/mol. The summed E-state index contributed by atoms with van der Waals surface area (Å²) in [6, 6.07) is 6.38. The van der Waals surface area contributed by atoms with Gasteiger partial charge >= 0.3 is 5.97 Å². The second-order valence-electron chi connectivity index (χ2n) is 6.03. The van der Waals surface area contributed by atoms with Crippen LogP contribution < -0.4 is 0 Å². The van der Waals surface area contributed by atoms with Crippen LogP contribution in [-0.4, -0.2) is 58.9 Å². The second-order valence-corrected chi connectivity index (χ2v) is 6.03. The molecule has 0 saturated carbocycles. The fourth-order valence-corrected chi connectivity index (χ4v) is 2.45. The van der Waals surface area contributed by atoms with E-state index in [1.165, 1.54) is 4.90 Å². The summed E-state index contributed by atoms with van der Waals surface area (Å²) in [5, 5.41) is 8.98. The Labute approximate surface area is 143 Å². The van der Waals surface area contributed by atoms with E-state index < -0.39 is 5.97 Å². The number of carbonyl (C=O) groups excluding carboxylic acids is 2. The van der Waals surface area contributed by atoms with Crippen molar-refractivity contribution in [3.05, 3.63) is 35.4 Å². The number of rotatable bonds is 8. The summed E-state index contributed by atoms with van der Waals surface area (Å²) in [4.78, 5) is 38.8. The van der Waals surface area contributed by atoms with E-state index in [-0.39, 0.29) is 24.3 Å². The first-order valence-corrected chi connectivity index (χ1v) is 8.20. The fraction of sp³-hybridized carbons (Fsp3) is 0.500. The van der Waals surface area contributed by atoms with E-state index in [4.69, 9.17) is 5.11 Å². The van der Waals surface area contributed by atoms with Gasteiger partial charge < -0.3 is 14.9 Å². The van der Waals surface area contributed by atoms with Crippen molar-refractivity contribution in [2.45, 2.75) is 27.7 Å². The van der Waals surface area contributed by atoms with Crippen molar-refractivity contribution in [3.8, 4) is 0 Å². The molecule has 2 amide bonds. The molecule has 6 nitrogen and oxygen atoms in total. The maximum absolute atomic E-state index is 12.5. The number of hydrogen-bond donors (Lipinski definition) is 1. The van der Waals surface area contributed by atoms with Crippen LogP contribution >= 0.6 is 0 Å². The van der Waals surface area contributed by atoms with Crippen molar-refractivity contribution in [1.29, 1.82) is 0 Å². The normalized spacial score (nSPS) is 10.5. The van der Waals surface area contributed by atoms with E-state index in [0.29, 0.717) is 30.8 Å². The Morgan fingerprint density at radius 3 is 1.67 bits per heavy atom. The largest absolute Gasteiger partial charge is 0.480 e. The van der Waals surface area contributed by atoms with E-state index >= 15 is 0 Å². The Bertz CT molecular complexity index is 577. The number of carboxylic acid groups (broad SMARTS) is 1. The molecule has 0 heterocycles. The summed E-state index contributed by atoms with van der Waals surface area (Å²) < 4.78 is 0. The van der Waals surface area contributed by atoms with Crippen molar-refractivity contribution in [3.63, 3.8) is 0 Å². The lowest BCUT2D eigenvalue weighted by Gasteiger charge is -2.23. The molecule has 0 aliphatic carbocycles. The van der Waals surface area contributed by atoms with Gasteiger partial charge in [-0.25, -0.2) is 0 Å². The highest BCUT2D eigenvalue weighted by molar-refractivity contribution is 5.98. The Morgan fingerprint density at radius 1 is 0.917 bits per heavy atom. The quantitative estimate of drug-likeness (QED) is 0.791. The predicted octanol–water partition coefficient (Wildman–Crippen LogP) is 2.35. The van der Waals surface area contributed by atoms with Gasteiger partial charge in [0.1, 0.15) is 6.54 Å². The molecule has 0 aliphatic heterocycles. The minimum Gasteiger partial charge on any atom is -0.480 e. The number of aliphatic carboxylic acids is 1. The minimum atomic E-state index is -1.04. The summed E-state index contributed by atoms with van der Waals surface area (Å²) in [7, 11) is 0. The van der Waals surface area contributed by atoms with Gasteiger partial charge in [0.05, 0.1) is 0 Å². The molecule has 0 aliphatic rings. The van der Waals surface area contributed by atoms with Crippen molar-refractivity contribution in [2.75, 3.05) is 26.2 Å². The molecule has 1 N–H and O–H groups in total. The first-order chi connectivity index (χ1) is 11.3. The number of hydrogen-bond acceptors (Lipinski definition) is 3. The Balaban J connectivity index is 2.95. The molecule has 1 rings (SSSR count). The molecular formula is C18H26N2O4. The van der Waals surface area contributed by atoms with Crippen LogP contribution in [0, 0.1) is 5.92 Å². The standard InChI is InChI=1S/C18H26N2O4/c1-5-19(6-2)17(23)14-7-9-15(10-8-14)18(24)20(11-13(3)4)12-16(21)22/h7-10,13H,5-6,11-12H2,1-4H3,(H,21,22). The van der Waals surface area contributed by atoms with Crippen LogP contribution in [0.15, 0.2) is 24.3 Å². The Hall–Kier alpha value is -2.37. The molecule has 0 unspecified atom stereocenters. The smallest absolute Gasteiger partial charge is 0.323 e. The molecule has 6 heteroatoms. The fourth-order valence-electron chi connectivity index (χ4n) is 2.45. The summed E-state index contributed by atoms with van der Waals surface area (Å²) in [5.74, 6) is -1.30. The van der Waals surface area contributed by atoms with Crippen LogP contribution in [0.2, 0.25) is 0 Å². The number of amides is 2. The molecule has 24 heavy (non-hydrogen) atoms. The molecule has 0 saturated heterocycles. The Morgan fingerprint density at radius 2 is 1.33 bits per heavy atom. The lowest BCUT2D eigenvalue weighted by molar-refractivity contribution is -0.137. The number of carboxylic acids is 1. The summed E-state index contributed by atoms with van der Waals surface area (Å²) in [5.41, 5.74) is 0.900. The van der Waals surface area contributed by atoms with Crippen LogP contribution in [-0.2, 0) is 4.79 Å². The van der Waals surface area contributed by atoms with Gasteiger partial charge in [0.15, 0.2) is 0 Å². The SMILES string of the molecule is CCN(CC)C(=O)c1ccc(C(=O)N(CC(=O)O)CC(C)C)cc1. The maximum atomic E-state index is 12.5. The summed E-state index contributed by atoms with van der Waals surface area (Å²) in [6.07, 6.45) is 0. The lowest BCUT2D eigenvalue weighted by Crippen LogP contribution is -2.38. The number of benzene rings is 1. The van der Waals surface area contributed by atoms with Gasteiger partial charge in [-0.2, -0.15) is 0 Å². The van der Waals surface area contributed by atoms with Gasteiger partial charge in [-0.15, -0.1) is 0 Å². The molecular weight excluding hydrogens is 308 g/mol. The molecule has 0 radical (unpaired) electrons. The molecule has 0 fully saturated rings. The third-order valence-corrected chi connectivity index (χ3v) is 3.63. The highest BCUT2D eigenvalue weighted by Gasteiger charge is 2.20. The van der Waals surface area contributed by atoms with Gasteiger partial charge in [0.25, 0.3) is 11.8 Å². The van der Waals surface area contributed by atoms with E-state index in [2.05, 4.69) is 0 Å². The molecule has 1 aromatic carbocycles. The summed E-state index contributed by atoms with van der Waals surface area (Å²) >= 11 is 0.